The van der Waals surface area contributed by atoms with Crippen LogP contribution in [0.25, 0.3) is 10.8 Å². The van der Waals surface area contributed by atoms with Gasteiger partial charge >= 0.3 is 0 Å². The predicted octanol–water partition coefficient (Wildman–Crippen LogP) is 3.09. The first kappa shape index (κ1) is 11.7. The molecule has 0 aliphatic carbocycles. The molecule has 1 aliphatic heterocycles. The summed E-state index contributed by atoms with van der Waals surface area (Å²) in [5.41, 5.74) is 2.72. The van der Waals surface area contributed by atoms with Crippen molar-refractivity contribution in [3.05, 3.63) is 41.7 Å². The van der Waals surface area contributed by atoms with Crippen LogP contribution in [-0.4, -0.2) is 18.1 Å². The van der Waals surface area contributed by atoms with E-state index < -0.39 is 0 Å². The number of benzene rings is 1. The van der Waals surface area contributed by atoms with Crippen LogP contribution in [-0.2, 0) is 6.42 Å². The average Bonchev–Trinajstić information content (AvgIpc) is 2.40. The smallest absolute Gasteiger partial charge is 0.0346 e. The van der Waals surface area contributed by atoms with Crippen molar-refractivity contribution in [1.29, 1.82) is 0 Å². The third kappa shape index (κ3) is 2.39. The summed E-state index contributed by atoms with van der Waals surface area (Å²) in [6.45, 7) is 4.49. The fourth-order valence-electron chi connectivity index (χ4n) is 2.92. The molecule has 1 aliphatic rings. The number of aromatic nitrogens is 1. The monoisotopic (exact) mass is 240 g/mol. The molecule has 2 heteroatoms. The summed E-state index contributed by atoms with van der Waals surface area (Å²) < 4.78 is 0. The van der Waals surface area contributed by atoms with E-state index in [0.29, 0.717) is 0 Å². The first-order chi connectivity index (χ1) is 8.83. The minimum atomic E-state index is 0.849. The average molecular weight is 240 g/mol. The highest BCUT2D eigenvalue weighted by molar-refractivity contribution is 5.85. The van der Waals surface area contributed by atoms with Gasteiger partial charge in [-0.05, 0) is 67.8 Å². The van der Waals surface area contributed by atoms with E-state index in [9.17, 15) is 0 Å². The van der Waals surface area contributed by atoms with Crippen molar-refractivity contribution in [1.82, 2.24) is 10.3 Å². The molecule has 1 saturated heterocycles. The Morgan fingerprint density at radius 1 is 1.22 bits per heavy atom. The lowest BCUT2D eigenvalue weighted by molar-refractivity contribution is 0.373. The quantitative estimate of drug-likeness (QED) is 0.872. The number of nitrogens with one attached hydrogen (secondary N) is 1. The standard InChI is InChI=1S/C16H20N2/c1-12-10-18-11-15-9-14(2-3-16(12)15)8-13-4-6-17-7-5-13/h2-3,9-11,13,17H,4-8H2,1H3. The molecule has 0 saturated carbocycles. The Hall–Kier alpha value is -1.41. The summed E-state index contributed by atoms with van der Waals surface area (Å²) >= 11 is 0. The maximum atomic E-state index is 4.29. The number of fused-ring (bicyclic) bond motifs is 1. The fraction of sp³-hybridized carbons (Fsp3) is 0.438. The van der Waals surface area contributed by atoms with Crippen LogP contribution >= 0.6 is 0 Å². The van der Waals surface area contributed by atoms with Crippen molar-refractivity contribution in [3.63, 3.8) is 0 Å². The number of nitrogens with zero attached hydrogens (tertiary/aromatic N) is 1. The minimum Gasteiger partial charge on any atom is -0.317 e. The highest BCUT2D eigenvalue weighted by Crippen LogP contribution is 2.22. The van der Waals surface area contributed by atoms with E-state index in [1.54, 1.807) is 0 Å². The molecule has 3 rings (SSSR count). The van der Waals surface area contributed by atoms with Gasteiger partial charge in [0.25, 0.3) is 0 Å². The number of hydrogen-bond donors (Lipinski definition) is 1. The fourth-order valence-corrected chi connectivity index (χ4v) is 2.92. The van der Waals surface area contributed by atoms with Gasteiger partial charge in [-0.1, -0.05) is 12.1 Å². The van der Waals surface area contributed by atoms with E-state index in [2.05, 4.69) is 35.4 Å². The van der Waals surface area contributed by atoms with Crippen LogP contribution in [0.2, 0.25) is 0 Å². The summed E-state index contributed by atoms with van der Waals surface area (Å²) in [5, 5.41) is 6.04. The van der Waals surface area contributed by atoms with E-state index in [1.807, 2.05) is 12.4 Å². The van der Waals surface area contributed by atoms with Gasteiger partial charge < -0.3 is 5.32 Å². The second kappa shape index (κ2) is 5.07. The van der Waals surface area contributed by atoms with Gasteiger partial charge in [0.1, 0.15) is 0 Å². The Morgan fingerprint density at radius 2 is 2.06 bits per heavy atom. The Kier molecular flexibility index (Phi) is 3.28. The van der Waals surface area contributed by atoms with Crippen molar-refractivity contribution in [2.45, 2.75) is 26.2 Å². The highest BCUT2D eigenvalue weighted by atomic mass is 14.9. The van der Waals surface area contributed by atoms with Gasteiger partial charge in [0.05, 0.1) is 0 Å². The Labute approximate surface area is 108 Å². The first-order valence-electron chi connectivity index (χ1n) is 6.87. The Morgan fingerprint density at radius 3 is 2.89 bits per heavy atom. The summed E-state index contributed by atoms with van der Waals surface area (Å²) in [6.07, 6.45) is 7.75. The van der Waals surface area contributed by atoms with Gasteiger partial charge in [-0.15, -0.1) is 0 Å². The van der Waals surface area contributed by atoms with E-state index >= 15 is 0 Å². The van der Waals surface area contributed by atoms with Gasteiger partial charge in [-0.25, -0.2) is 0 Å². The van der Waals surface area contributed by atoms with E-state index in [4.69, 9.17) is 0 Å². The molecule has 94 valence electrons. The third-order valence-electron chi connectivity index (χ3n) is 4.01. The second-order valence-corrected chi connectivity index (χ2v) is 5.41. The molecule has 0 atom stereocenters. The van der Waals surface area contributed by atoms with Crippen LogP contribution in [0.1, 0.15) is 24.0 Å². The molecule has 2 heterocycles. The number of piperidine rings is 1. The normalized spacial score (nSPS) is 17.2. The largest absolute Gasteiger partial charge is 0.317 e. The zero-order valence-corrected chi connectivity index (χ0v) is 10.9. The maximum absolute atomic E-state index is 4.29. The zero-order chi connectivity index (χ0) is 12.4. The highest BCUT2D eigenvalue weighted by Gasteiger charge is 2.13. The van der Waals surface area contributed by atoms with Crippen molar-refractivity contribution in [2.24, 2.45) is 5.92 Å². The van der Waals surface area contributed by atoms with Crippen LogP contribution in [0.5, 0.6) is 0 Å². The molecule has 18 heavy (non-hydrogen) atoms. The van der Waals surface area contributed by atoms with Crippen LogP contribution in [0.3, 0.4) is 0 Å². The van der Waals surface area contributed by atoms with Gasteiger partial charge in [-0.2, -0.15) is 0 Å². The van der Waals surface area contributed by atoms with Crippen molar-refractivity contribution >= 4 is 10.8 Å². The van der Waals surface area contributed by atoms with Crippen LogP contribution in [0, 0.1) is 12.8 Å². The van der Waals surface area contributed by atoms with Gasteiger partial charge in [0.2, 0.25) is 0 Å². The molecule has 1 aromatic heterocycles. The molecule has 0 radical (unpaired) electrons. The lowest BCUT2D eigenvalue weighted by Gasteiger charge is -2.22. The lowest BCUT2D eigenvalue weighted by atomic mass is 9.90. The molecule has 1 N–H and O–H groups in total. The van der Waals surface area contributed by atoms with Gasteiger partial charge in [0, 0.05) is 17.8 Å². The molecule has 0 bridgehead atoms. The summed E-state index contributed by atoms with van der Waals surface area (Å²) in [5.74, 6) is 0.849. The van der Waals surface area contributed by atoms with Crippen LogP contribution < -0.4 is 5.32 Å². The summed E-state index contributed by atoms with van der Waals surface area (Å²) in [6, 6.07) is 6.86. The molecule has 0 unspecified atom stereocenters. The summed E-state index contributed by atoms with van der Waals surface area (Å²) in [7, 11) is 0. The SMILES string of the molecule is Cc1cncc2cc(CC3CCNCC3)ccc12. The maximum Gasteiger partial charge on any atom is 0.0346 e. The third-order valence-corrected chi connectivity index (χ3v) is 4.01. The lowest BCUT2D eigenvalue weighted by Crippen LogP contribution is -2.28. The predicted molar refractivity (Wildman–Crippen MR) is 75.8 cm³/mol. The van der Waals surface area contributed by atoms with Crippen LogP contribution in [0.15, 0.2) is 30.6 Å². The van der Waals surface area contributed by atoms with E-state index in [-0.39, 0.29) is 0 Å². The van der Waals surface area contributed by atoms with Crippen molar-refractivity contribution < 1.29 is 0 Å². The molecule has 0 amide bonds. The van der Waals surface area contributed by atoms with E-state index in [1.165, 1.54) is 54.3 Å². The molecule has 0 spiro atoms. The zero-order valence-electron chi connectivity index (χ0n) is 10.9. The minimum absolute atomic E-state index is 0.849. The molecule has 1 aromatic carbocycles. The topological polar surface area (TPSA) is 24.9 Å². The first-order valence-corrected chi connectivity index (χ1v) is 6.87. The molecular weight excluding hydrogens is 220 g/mol. The second-order valence-electron chi connectivity index (χ2n) is 5.41. The van der Waals surface area contributed by atoms with Gasteiger partial charge in [0.15, 0.2) is 0 Å². The summed E-state index contributed by atoms with van der Waals surface area (Å²) in [4.78, 5) is 4.29. The van der Waals surface area contributed by atoms with Crippen molar-refractivity contribution in [3.8, 4) is 0 Å². The van der Waals surface area contributed by atoms with Gasteiger partial charge in [-0.3, -0.25) is 4.98 Å². The van der Waals surface area contributed by atoms with E-state index in [0.717, 1.165) is 5.92 Å². The molecule has 2 aromatic rings. The molecule has 1 fully saturated rings. The van der Waals surface area contributed by atoms with Crippen molar-refractivity contribution in [2.75, 3.05) is 13.1 Å². The number of rotatable bonds is 2. The number of pyridine rings is 1. The van der Waals surface area contributed by atoms with Crippen LogP contribution in [0.4, 0.5) is 0 Å². The molecule has 2 nitrogen and oxygen atoms in total. The Balaban J connectivity index is 1.84. The number of aryl methyl sites for hydroxylation is 1. The molecular formula is C16H20N2. The number of hydrogen-bond acceptors (Lipinski definition) is 2. The Bertz CT molecular complexity index is 542.